The maximum atomic E-state index is 13.0. The SMILES string of the molecule is CCCNC(=O)CN1CCN(C(=O)c2cc(=O)n(C)c3ccccc23)CC1. The molecule has 1 fully saturated rings. The summed E-state index contributed by atoms with van der Waals surface area (Å²) in [6.07, 6.45) is 0.915. The molecule has 3 rings (SSSR count). The smallest absolute Gasteiger partial charge is 0.254 e. The Morgan fingerprint density at radius 2 is 1.81 bits per heavy atom. The number of fused-ring (bicyclic) bond motifs is 1. The van der Waals surface area contributed by atoms with Crippen molar-refractivity contribution in [1.82, 2.24) is 19.7 Å². The Morgan fingerprint density at radius 1 is 1.11 bits per heavy atom. The van der Waals surface area contributed by atoms with Gasteiger partial charge in [-0.2, -0.15) is 0 Å². The van der Waals surface area contributed by atoms with Crippen LogP contribution in [-0.2, 0) is 11.8 Å². The van der Waals surface area contributed by atoms with Gasteiger partial charge in [0.15, 0.2) is 0 Å². The number of hydrogen-bond acceptors (Lipinski definition) is 4. The molecular formula is C20H26N4O3. The van der Waals surface area contributed by atoms with Crippen molar-refractivity contribution in [1.29, 1.82) is 0 Å². The van der Waals surface area contributed by atoms with Crippen molar-refractivity contribution in [3.63, 3.8) is 0 Å². The highest BCUT2D eigenvalue weighted by atomic mass is 16.2. The molecule has 1 saturated heterocycles. The zero-order valence-corrected chi connectivity index (χ0v) is 15.9. The van der Waals surface area contributed by atoms with Crippen LogP contribution in [0.1, 0.15) is 23.7 Å². The zero-order chi connectivity index (χ0) is 19.4. The Hall–Kier alpha value is -2.67. The summed E-state index contributed by atoms with van der Waals surface area (Å²) in [5, 5.41) is 3.66. The van der Waals surface area contributed by atoms with Crippen molar-refractivity contribution in [2.24, 2.45) is 7.05 Å². The monoisotopic (exact) mass is 370 g/mol. The second-order valence-electron chi connectivity index (χ2n) is 6.89. The molecule has 27 heavy (non-hydrogen) atoms. The molecule has 7 heteroatoms. The van der Waals surface area contributed by atoms with E-state index in [0.29, 0.717) is 44.8 Å². The highest BCUT2D eigenvalue weighted by molar-refractivity contribution is 6.06. The maximum absolute atomic E-state index is 13.0. The van der Waals surface area contributed by atoms with E-state index in [1.165, 1.54) is 6.07 Å². The third-order valence-corrected chi connectivity index (χ3v) is 4.98. The topological polar surface area (TPSA) is 74.7 Å². The van der Waals surface area contributed by atoms with Gasteiger partial charge in [-0.3, -0.25) is 19.3 Å². The first kappa shape index (κ1) is 19.1. The van der Waals surface area contributed by atoms with Crippen molar-refractivity contribution in [3.8, 4) is 0 Å². The van der Waals surface area contributed by atoms with E-state index in [9.17, 15) is 14.4 Å². The highest BCUT2D eigenvalue weighted by Crippen LogP contribution is 2.18. The van der Waals surface area contributed by atoms with Crippen LogP contribution in [0, 0.1) is 0 Å². The van der Waals surface area contributed by atoms with E-state index in [-0.39, 0.29) is 17.4 Å². The molecule has 1 aromatic heterocycles. The van der Waals surface area contributed by atoms with Crippen molar-refractivity contribution in [3.05, 3.63) is 46.2 Å². The van der Waals surface area contributed by atoms with Gasteiger partial charge in [0.2, 0.25) is 5.91 Å². The summed E-state index contributed by atoms with van der Waals surface area (Å²) in [7, 11) is 1.71. The lowest BCUT2D eigenvalue weighted by atomic mass is 10.1. The van der Waals surface area contributed by atoms with Crippen LogP contribution in [0.2, 0.25) is 0 Å². The van der Waals surface area contributed by atoms with Crippen LogP contribution in [0.5, 0.6) is 0 Å². The number of aryl methyl sites for hydroxylation is 1. The fourth-order valence-electron chi connectivity index (χ4n) is 3.39. The second kappa shape index (κ2) is 8.35. The van der Waals surface area contributed by atoms with E-state index in [1.807, 2.05) is 31.2 Å². The number of benzene rings is 1. The van der Waals surface area contributed by atoms with E-state index < -0.39 is 0 Å². The molecule has 7 nitrogen and oxygen atoms in total. The van der Waals surface area contributed by atoms with E-state index >= 15 is 0 Å². The van der Waals surface area contributed by atoms with Crippen LogP contribution in [-0.4, -0.2) is 65.4 Å². The molecule has 0 aliphatic carbocycles. The summed E-state index contributed by atoms with van der Waals surface area (Å²) < 4.78 is 1.55. The average molecular weight is 370 g/mol. The largest absolute Gasteiger partial charge is 0.355 e. The third kappa shape index (κ3) is 4.19. The van der Waals surface area contributed by atoms with Gasteiger partial charge in [-0.1, -0.05) is 25.1 Å². The molecule has 0 atom stereocenters. The number of aromatic nitrogens is 1. The third-order valence-electron chi connectivity index (χ3n) is 4.98. The number of nitrogens with zero attached hydrogens (tertiary/aromatic N) is 3. The number of para-hydroxylation sites is 1. The fourth-order valence-corrected chi connectivity index (χ4v) is 3.39. The summed E-state index contributed by atoms with van der Waals surface area (Å²) in [5.74, 6) is -0.104. The molecular weight excluding hydrogens is 344 g/mol. The zero-order valence-electron chi connectivity index (χ0n) is 15.9. The lowest BCUT2D eigenvalue weighted by Gasteiger charge is -2.34. The molecule has 0 bridgehead atoms. The summed E-state index contributed by atoms with van der Waals surface area (Å²) in [4.78, 5) is 40.9. The minimum absolute atomic E-state index is 0.0224. The lowest BCUT2D eigenvalue weighted by molar-refractivity contribution is -0.122. The predicted molar refractivity (Wildman–Crippen MR) is 105 cm³/mol. The van der Waals surface area contributed by atoms with Gasteiger partial charge < -0.3 is 14.8 Å². The lowest BCUT2D eigenvalue weighted by Crippen LogP contribution is -2.51. The number of pyridine rings is 1. The molecule has 0 spiro atoms. The van der Waals surface area contributed by atoms with Crippen LogP contribution in [0.25, 0.3) is 10.9 Å². The van der Waals surface area contributed by atoms with Gasteiger partial charge in [0.05, 0.1) is 17.6 Å². The number of hydrogen-bond donors (Lipinski definition) is 1. The van der Waals surface area contributed by atoms with Crippen LogP contribution >= 0.6 is 0 Å². The molecule has 2 amide bonds. The molecule has 1 aliphatic rings. The van der Waals surface area contributed by atoms with Crippen LogP contribution in [0.4, 0.5) is 0 Å². The molecule has 1 aromatic carbocycles. The van der Waals surface area contributed by atoms with E-state index in [1.54, 1.807) is 16.5 Å². The Morgan fingerprint density at radius 3 is 2.52 bits per heavy atom. The molecule has 2 heterocycles. The second-order valence-corrected chi connectivity index (χ2v) is 6.89. The van der Waals surface area contributed by atoms with Crippen molar-refractivity contribution < 1.29 is 9.59 Å². The molecule has 0 saturated carbocycles. The van der Waals surface area contributed by atoms with Gasteiger partial charge in [0.1, 0.15) is 0 Å². The molecule has 2 aromatic rings. The van der Waals surface area contributed by atoms with Gasteiger partial charge in [0.25, 0.3) is 11.5 Å². The van der Waals surface area contributed by atoms with E-state index in [4.69, 9.17) is 0 Å². The number of nitrogens with one attached hydrogen (secondary N) is 1. The van der Waals surface area contributed by atoms with E-state index in [0.717, 1.165) is 17.3 Å². The molecule has 0 unspecified atom stereocenters. The van der Waals surface area contributed by atoms with E-state index in [2.05, 4.69) is 10.2 Å². The van der Waals surface area contributed by atoms with Gasteiger partial charge in [0, 0.05) is 51.2 Å². The quantitative estimate of drug-likeness (QED) is 0.846. The van der Waals surface area contributed by atoms with Gasteiger partial charge in [-0.25, -0.2) is 0 Å². The summed E-state index contributed by atoms with van der Waals surface area (Å²) in [5.41, 5.74) is 1.01. The molecule has 144 valence electrons. The fraction of sp³-hybridized carbons (Fsp3) is 0.450. The van der Waals surface area contributed by atoms with Crippen LogP contribution < -0.4 is 10.9 Å². The predicted octanol–water partition coefficient (Wildman–Crippen LogP) is 0.823. The first-order valence-corrected chi connectivity index (χ1v) is 9.38. The Bertz CT molecular complexity index is 898. The van der Waals surface area contributed by atoms with Crippen molar-refractivity contribution >= 4 is 22.7 Å². The summed E-state index contributed by atoms with van der Waals surface area (Å²) in [6, 6.07) is 8.88. The average Bonchev–Trinajstić information content (AvgIpc) is 2.69. The van der Waals surface area contributed by atoms with Crippen molar-refractivity contribution in [2.75, 3.05) is 39.3 Å². The minimum atomic E-state index is -0.191. The number of rotatable bonds is 5. The van der Waals surface area contributed by atoms with Crippen molar-refractivity contribution in [2.45, 2.75) is 13.3 Å². The van der Waals surface area contributed by atoms with Crippen LogP contribution in [0.15, 0.2) is 35.1 Å². The summed E-state index contributed by atoms with van der Waals surface area (Å²) >= 11 is 0. The first-order chi connectivity index (χ1) is 13.0. The standard InChI is InChI=1S/C20H26N4O3/c1-3-8-21-18(25)14-23-9-11-24(12-10-23)20(27)16-13-19(26)22(2)17-7-5-4-6-15(16)17/h4-7,13H,3,8-12,14H2,1-2H3,(H,21,25). The Labute approximate surface area is 158 Å². The molecule has 1 aliphatic heterocycles. The first-order valence-electron chi connectivity index (χ1n) is 9.38. The number of piperazine rings is 1. The molecule has 1 N–H and O–H groups in total. The number of carbonyl (C=O) groups excluding carboxylic acids is 2. The van der Waals surface area contributed by atoms with Gasteiger partial charge >= 0.3 is 0 Å². The number of amides is 2. The number of carbonyl (C=O) groups is 2. The van der Waals surface area contributed by atoms with Crippen LogP contribution in [0.3, 0.4) is 0 Å². The maximum Gasteiger partial charge on any atom is 0.254 e. The van der Waals surface area contributed by atoms with Gasteiger partial charge in [-0.15, -0.1) is 0 Å². The Kier molecular flexibility index (Phi) is 5.91. The molecule has 0 radical (unpaired) electrons. The summed E-state index contributed by atoms with van der Waals surface area (Å²) in [6.45, 7) is 5.45. The van der Waals surface area contributed by atoms with Gasteiger partial charge in [-0.05, 0) is 12.5 Å². The minimum Gasteiger partial charge on any atom is -0.355 e. The highest BCUT2D eigenvalue weighted by Gasteiger charge is 2.25. The normalized spacial score (nSPS) is 15.1. The Balaban J connectivity index is 1.70.